The van der Waals surface area contributed by atoms with E-state index in [1.54, 1.807) is 0 Å². The molecule has 1 aliphatic heterocycles. The van der Waals surface area contributed by atoms with Gasteiger partial charge in [-0.25, -0.2) is 5.14 Å². The topological polar surface area (TPSA) is 115 Å². The Morgan fingerprint density at radius 2 is 1.75 bits per heavy atom. The second kappa shape index (κ2) is 3.03. The smallest absolute Gasteiger partial charge is 0.267 e. The van der Waals surface area contributed by atoms with Crippen LogP contribution in [0.2, 0.25) is 0 Å². The van der Waals surface area contributed by atoms with E-state index in [1.807, 2.05) is 0 Å². The molecule has 7 nitrogen and oxygen atoms in total. The van der Waals surface area contributed by atoms with Crippen LogP contribution in [-0.2, 0) is 20.2 Å². The van der Waals surface area contributed by atoms with Crippen LogP contribution in [0.3, 0.4) is 0 Å². The first-order valence-corrected chi connectivity index (χ1v) is 6.92. The van der Waals surface area contributed by atoms with Crippen LogP contribution in [0.4, 0.5) is 0 Å². The highest BCUT2D eigenvalue weighted by Gasteiger charge is 2.46. The fourth-order valence-electron chi connectivity index (χ4n) is 1.42. The van der Waals surface area contributed by atoms with Crippen LogP contribution in [0.1, 0.15) is 10.4 Å². The third-order valence-corrected chi connectivity index (χ3v) is 5.37. The molecule has 0 aliphatic carbocycles. The lowest BCUT2D eigenvalue weighted by Crippen LogP contribution is -2.40. The summed E-state index contributed by atoms with van der Waals surface area (Å²) in [5.74, 6) is -1.15. The number of carbonyl (C=O) groups excluding carboxylic acids is 1. The van der Waals surface area contributed by atoms with Crippen molar-refractivity contribution in [2.45, 2.75) is 4.90 Å². The van der Waals surface area contributed by atoms with E-state index in [0.29, 0.717) is 0 Å². The van der Waals surface area contributed by atoms with Gasteiger partial charge in [0.1, 0.15) is 4.90 Å². The molecule has 0 bridgehead atoms. The van der Waals surface area contributed by atoms with E-state index < -0.39 is 26.1 Å². The van der Waals surface area contributed by atoms with Gasteiger partial charge in [0.15, 0.2) is 0 Å². The molecule has 9 heteroatoms. The lowest BCUT2D eigenvalue weighted by molar-refractivity contribution is 0.0928. The normalized spacial score (nSPS) is 18.6. The van der Waals surface area contributed by atoms with E-state index in [4.69, 9.17) is 0 Å². The summed E-state index contributed by atoms with van der Waals surface area (Å²) in [5, 5.41) is 4.68. The Hall–Kier alpha value is -1.45. The lowest BCUT2D eigenvalue weighted by atomic mass is 10.2. The molecular weight excluding hydrogens is 256 g/mol. The minimum atomic E-state index is -4.63. The van der Waals surface area contributed by atoms with Crippen molar-refractivity contribution in [1.29, 1.82) is 0 Å². The Balaban J connectivity index is 2.83. The Kier molecular flexibility index (Phi) is 2.09. The fraction of sp³-hybridized carbons (Fsp3) is 0. The standard InChI is InChI=1S/C7H6N2O5S2/c8-16(13,14)9-7(10)5-3-1-2-4-6(5)15(9,11)12/h1-4H,(H2,8,13,14). The van der Waals surface area contributed by atoms with Gasteiger partial charge in [0.25, 0.3) is 15.9 Å². The first-order chi connectivity index (χ1) is 7.26. The average Bonchev–Trinajstić information content (AvgIpc) is 2.34. The quantitative estimate of drug-likeness (QED) is 0.699. The number of carbonyl (C=O) groups is 1. The molecule has 0 fully saturated rings. The number of nitrogens with two attached hydrogens (primary N) is 1. The van der Waals surface area contributed by atoms with Crippen molar-refractivity contribution in [3.63, 3.8) is 0 Å². The molecule has 0 saturated carbocycles. The largest absolute Gasteiger partial charge is 0.315 e. The number of benzene rings is 1. The average molecular weight is 262 g/mol. The number of nitrogens with zero attached hydrogens (tertiary/aromatic N) is 1. The number of amides is 1. The van der Waals surface area contributed by atoms with Gasteiger partial charge in [-0.1, -0.05) is 12.1 Å². The minimum Gasteiger partial charge on any atom is -0.267 e. The highest BCUT2D eigenvalue weighted by atomic mass is 32.3. The molecule has 86 valence electrons. The second-order valence-corrected chi connectivity index (χ2v) is 6.43. The monoisotopic (exact) mass is 262 g/mol. The summed E-state index contributed by atoms with van der Waals surface area (Å²) in [7, 11) is -9.01. The predicted molar refractivity (Wildman–Crippen MR) is 52.9 cm³/mol. The minimum absolute atomic E-state index is 0.198. The van der Waals surface area contributed by atoms with Crippen molar-refractivity contribution in [1.82, 2.24) is 3.71 Å². The Labute approximate surface area is 91.7 Å². The van der Waals surface area contributed by atoms with Crippen LogP contribution in [0, 0.1) is 0 Å². The third kappa shape index (κ3) is 1.32. The van der Waals surface area contributed by atoms with Gasteiger partial charge in [-0.15, -0.1) is 3.71 Å². The Morgan fingerprint density at radius 1 is 1.19 bits per heavy atom. The number of sulfonamides is 1. The SMILES string of the molecule is NS(=O)(=O)N1C(=O)c2ccccc2S1(=O)=O. The molecule has 0 aromatic heterocycles. The van der Waals surface area contributed by atoms with Gasteiger partial charge in [-0.2, -0.15) is 16.8 Å². The van der Waals surface area contributed by atoms with E-state index >= 15 is 0 Å². The van der Waals surface area contributed by atoms with Crippen molar-refractivity contribution in [2.75, 3.05) is 0 Å². The molecule has 0 saturated heterocycles. The van der Waals surface area contributed by atoms with Crippen LogP contribution >= 0.6 is 0 Å². The summed E-state index contributed by atoms with van der Waals surface area (Å²) in [6.07, 6.45) is 0. The summed E-state index contributed by atoms with van der Waals surface area (Å²) in [5.41, 5.74) is -0.198. The van der Waals surface area contributed by atoms with Crippen LogP contribution in [-0.4, -0.2) is 26.5 Å². The fourth-order valence-corrected chi connectivity index (χ4v) is 4.26. The maximum Gasteiger partial charge on any atom is 0.315 e. The molecule has 0 radical (unpaired) electrons. The van der Waals surface area contributed by atoms with Gasteiger partial charge in [0.05, 0.1) is 5.56 Å². The van der Waals surface area contributed by atoms with Gasteiger partial charge in [0.2, 0.25) is 0 Å². The molecule has 1 aromatic carbocycles. The molecule has 2 N–H and O–H groups in total. The molecule has 0 atom stereocenters. The van der Waals surface area contributed by atoms with E-state index in [1.165, 1.54) is 18.2 Å². The zero-order valence-electron chi connectivity index (χ0n) is 7.69. The number of fused-ring (bicyclic) bond motifs is 1. The number of hydrogen-bond acceptors (Lipinski definition) is 5. The Morgan fingerprint density at radius 3 is 2.25 bits per heavy atom. The highest BCUT2D eigenvalue weighted by Crippen LogP contribution is 2.30. The first-order valence-electron chi connectivity index (χ1n) is 3.98. The second-order valence-electron chi connectivity index (χ2n) is 3.05. The Bertz CT molecular complexity index is 676. The van der Waals surface area contributed by atoms with Gasteiger partial charge in [-0.3, -0.25) is 4.79 Å². The molecule has 0 spiro atoms. The van der Waals surface area contributed by atoms with Crippen LogP contribution in [0.25, 0.3) is 0 Å². The lowest BCUT2D eigenvalue weighted by Gasteiger charge is -2.10. The van der Waals surface area contributed by atoms with Gasteiger partial charge < -0.3 is 0 Å². The van der Waals surface area contributed by atoms with E-state index in [-0.39, 0.29) is 14.2 Å². The molecule has 1 amide bonds. The number of rotatable bonds is 1. The number of hydrogen-bond donors (Lipinski definition) is 1. The van der Waals surface area contributed by atoms with Crippen LogP contribution < -0.4 is 5.14 Å². The molecule has 1 aliphatic rings. The first kappa shape index (κ1) is 11.0. The van der Waals surface area contributed by atoms with Crippen molar-refractivity contribution >= 4 is 26.1 Å². The highest BCUT2D eigenvalue weighted by molar-refractivity contribution is 8.04. The summed E-state index contributed by atoms with van der Waals surface area (Å²) in [4.78, 5) is 11.2. The van der Waals surface area contributed by atoms with Gasteiger partial charge in [-0.05, 0) is 12.1 Å². The maximum absolute atomic E-state index is 11.7. The van der Waals surface area contributed by atoms with Crippen LogP contribution in [0.15, 0.2) is 29.2 Å². The predicted octanol–water partition coefficient (Wildman–Crippen LogP) is -0.965. The summed E-state index contributed by atoms with van der Waals surface area (Å²) < 4.78 is 45.1. The molecule has 2 rings (SSSR count). The van der Waals surface area contributed by atoms with Gasteiger partial charge in [0, 0.05) is 0 Å². The van der Waals surface area contributed by atoms with Crippen molar-refractivity contribution in [3.05, 3.63) is 29.8 Å². The van der Waals surface area contributed by atoms with Gasteiger partial charge >= 0.3 is 10.2 Å². The molecule has 1 aromatic rings. The zero-order chi connectivity index (χ0) is 12.1. The third-order valence-electron chi connectivity index (χ3n) is 2.01. The molecule has 0 unspecified atom stereocenters. The molecule has 16 heavy (non-hydrogen) atoms. The van der Waals surface area contributed by atoms with E-state index in [9.17, 15) is 21.6 Å². The van der Waals surface area contributed by atoms with Crippen LogP contribution in [0.5, 0.6) is 0 Å². The summed E-state index contributed by atoms with van der Waals surface area (Å²) in [6.45, 7) is 0. The zero-order valence-corrected chi connectivity index (χ0v) is 9.32. The van der Waals surface area contributed by atoms with E-state index in [2.05, 4.69) is 5.14 Å². The van der Waals surface area contributed by atoms with Crippen molar-refractivity contribution in [2.24, 2.45) is 5.14 Å². The van der Waals surface area contributed by atoms with E-state index in [0.717, 1.165) is 6.07 Å². The van der Waals surface area contributed by atoms with Crippen molar-refractivity contribution in [3.8, 4) is 0 Å². The molecule has 1 heterocycles. The summed E-state index contributed by atoms with van der Waals surface area (Å²) >= 11 is 0. The maximum atomic E-state index is 11.7. The van der Waals surface area contributed by atoms with Crippen molar-refractivity contribution < 1.29 is 21.6 Å². The summed E-state index contributed by atoms with van der Waals surface area (Å²) in [6, 6.07) is 5.18. The molecular formula is C7H6N2O5S2.